The summed E-state index contributed by atoms with van der Waals surface area (Å²) in [6, 6.07) is 4.84. The lowest BCUT2D eigenvalue weighted by atomic mass is 10.1. The number of fused-ring (bicyclic) bond motifs is 1. The number of amides is 2. The molecular formula is C15H18N2O4. The predicted octanol–water partition coefficient (Wildman–Crippen LogP) is 0.708. The normalized spacial score (nSPS) is 24.8. The zero-order valence-electron chi connectivity index (χ0n) is 12.0. The van der Waals surface area contributed by atoms with E-state index in [0.29, 0.717) is 17.9 Å². The standard InChI is InChI=1S/C15H18N2O4/c1-20-8-3-4-9(13(5-8)21-2)12(16)7-17-14(18)10-6-11(10)15(17)19/h3-5,10-12H,6-7,16H2,1-2H3. The number of hydrogen-bond donors (Lipinski definition) is 1. The minimum absolute atomic E-state index is 0.0899. The number of carbonyl (C=O) groups is 2. The number of ether oxygens (including phenoxy) is 2. The summed E-state index contributed by atoms with van der Waals surface area (Å²) in [5, 5.41) is 0. The van der Waals surface area contributed by atoms with Crippen LogP contribution >= 0.6 is 0 Å². The fraction of sp³-hybridized carbons (Fsp3) is 0.467. The van der Waals surface area contributed by atoms with Crippen LogP contribution in [0.1, 0.15) is 18.0 Å². The van der Waals surface area contributed by atoms with E-state index >= 15 is 0 Å². The second kappa shape index (κ2) is 5.04. The Morgan fingerprint density at radius 2 is 1.90 bits per heavy atom. The molecule has 21 heavy (non-hydrogen) atoms. The summed E-state index contributed by atoms with van der Waals surface area (Å²) in [6.07, 6.45) is 0.704. The smallest absolute Gasteiger partial charge is 0.233 e. The summed E-state index contributed by atoms with van der Waals surface area (Å²) in [7, 11) is 3.12. The van der Waals surface area contributed by atoms with E-state index in [9.17, 15) is 9.59 Å². The van der Waals surface area contributed by atoms with Crippen molar-refractivity contribution in [1.82, 2.24) is 4.90 Å². The minimum Gasteiger partial charge on any atom is -0.497 e. The van der Waals surface area contributed by atoms with E-state index in [1.165, 1.54) is 4.90 Å². The fourth-order valence-corrected chi connectivity index (χ4v) is 2.85. The summed E-state index contributed by atoms with van der Waals surface area (Å²) >= 11 is 0. The van der Waals surface area contributed by atoms with Gasteiger partial charge in [-0.2, -0.15) is 0 Å². The lowest BCUT2D eigenvalue weighted by molar-refractivity contribution is -0.141. The van der Waals surface area contributed by atoms with Crippen LogP contribution in [0.2, 0.25) is 0 Å². The third kappa shape index (κ3) is 2.25. The van der Waals surface area contributed by atoms with Gasteiger partial charge >= 0.3 is 0 Å². The van der Waals surface area contributed by atoms with Gasteiger partial charge in [0.15, 0.2) is 0 Å². The maximum atomic E-state index is 12.0. The molecule has 2 amide bonds. The van der Waals surface area contributed by atoms with Gasteiger partial charge in [-0.25, -0.2) is 0 Å². The SMILES string of the molecule is COc1ccc(C(N)CN2C(=O)C3CC3C2=O)c(OC)c1. The fourth-order valence-electron chi connectivity index (χ4n) is 2.85. The Balaban J connectivity index is 1.78. The van der Waals surface area contributed by atoms with Gasteiger partial charge in [-0.15, -0.1) is 0 Å². The van der Waals surface area contributed by atoms with Crippen LogP contribution in [0.4, 0.5) is 0 Å². The second-order valence-corrected chi connectivity index (χ2v) is 5.45. The second-order valence-electron chi connectivity index (χ2n) is 5.45. The van der Waals surface area contributed by atoms with Crippen molar-refractivity contribution in [3.05, 3.63) is 23.8 Å². The van der Waals surface area contributed by atoms with E-state index < -0.39 is 6.04 Å². The van der Waals surface area contributed by atoms with Gasteiger partial charge < -0.3 is 15.2 Å². The molecule has 0 bridgehead atoms. The van der Waals surface area contributed by atoms with Crippen LogP contribution in [0, 0.1) is 11.8 Å². The Kier molecular flexibility index (Phi) is 3.33. The largest absolute Gasteiger partial charge is 0.497 e. The maximum Gasteiger partial charge on any atom is 0.233 e. The van der Waals surface area contributed by atoms with E-state index in [0.717, 1.165) is 5.56 Å². The van der Waals surface area contributed by atoms with Crippen LogP contribution in [0.5, 0.6) is 11.5 Å². The number of benzene rings is 1. The molecule has 1 aliphatic heterocycles. The summed E-state index contributed by atoms with van der Waals surface area (Å²) in [5.74, 6) is 0.884. The van der Waals surface area contributed by atoms with Crippen molar-refractivity contribution in [2.24, 2.45) is 17.6 Å². The highest BCUT2D eigenvalue weighted by Crippen LogP contribution is 2.47. The van der Waals surface area contributed by atoms with Crippen LogP contribution < -0.4 is 15.2 Å². The van der Waals surface area contributed by atoms with Crippen molar-refractivity contribution in [2.45, 2.75) is 12.5 Å². The van der Waals surface area contributed by atoms with E-state index in [4.69, 9.17) is 15.2 Å². The Labute approximate surface area is 122 Å². The molecule has 3 rings (SSSR count). The molecule has 1 aromatic rings. The number of nitrogens with zero attached hydrogens (tertiary/aromatic N) is 1. The molecule has 6 heteroatoms. The molecule has 0 spiro atoms. The molecule has 112 valence electrons. The van der Waals surface area contributed by atoms with Crippen LogP contribution in [0.15, 0.2) is 18.2 Å². The number of carbonyl (C=O) groups excluding carboxylic acids is 2. The third-order valence-electron chi connectivity index (χ3n) is 4.18. The first-order chi connectivity index (χ1) is 10.1. The first-order valence-corrected chi connectivity index (χ1v) is 6.89. The average molecular weight is 290 g/mol. The van der Waals surface area contributed by atoms with E-state index in [1.54, 1.807) is 32.4 Å². The van der Waals surface area contributed by atoms with Gasteiger partial charge in [0.2, 0.25) is 11.8 Å². The summed E-state index contributed by atoms with van der Waals surface area (Å²) in [4.78, 5) is 25.2. The highest BCUT2D eigenvalue weighted by Gasteiger charge is 2.58. The molecule has 1 saturated carbocycles. The van der Waals surface area contributed by atoms with E-state index in [1.807, 2.05) is 0 Å². The number of likely N-dealkylation sites (tertiary alicyclic amines) is 1. The first-order valence-electron chi connectivity index (χ1n) is 6.89. The molecule has 1 saturated heterocycles. The van der Waals surface area contributed by atoms with Gasteiger partial charge in [0.25, 0.3) is 0 Å². The summed E-state index contributed by atoms with van der Waals surface area (Å²) < 4.78 is 10.4. The molecule has 6 nitrogen and oxygen atoms in total. The van der Waals surface area contributed by atoms with Gasteiger partial charge in [0.1, 0.15) is 11.5 Å². The minimum atomic E-state index is -0.476. The molecule has 1 heterocycles. The molecule has 0 aromatic heterocycles. The number of hydrogen-bond acceptors (Lipinski definition) is 5. The summed E-state index contributed by atoms with van der Waals surface area (Å²) in [5.41, 5.74) is 6.91. The quantitative estimate of drug-likeness (QED) is 0.808. The molecule has 1 aliphatic carbocycles. The van der Waals surface area contributed by atoms with Gasteiger partial charge in [-0.05, 0) is 12.5 Å². The van der Waals surface area contributed by atoms with Gasteiger partial charge in [-0.3, -0.25) is 14.5 Å². The lowest BCUT2D eigenvalue weighted by Crippen LogP contribution is -2.38. The number of nitrogens with two attached hydrogens (primary N) is 1. The third-order valence-corrected chi connectivity index (χ3v) is 4.18. The van der Waals surface area contributed by atoms with Crippen molar-refractivity contribution >= 4 is 11.8 Å². The topological polar surface area (TPSA) is 81.9 Å². The molecule has 3 atom stereocenters. The maximum absolute atomic E-state index is 12.0. The highest BCUT2D eigenvalue weighted by molar-refractivity contribution is 6.08. The van der Waals surface area contributed by atoms with Crippen LogP contribution in [0.3, 0.4) is 0 Å². The van der Waals surface area contributed by atoms with Gasteiger partial charge in [-0.1, -0.05) is 6.07 Å². The molecule has 2 fully saturated rings. The van der Waals surface area contributed by atoms with Gasteiger partial charge in [0.05, 0.1) is 32.1 Å². The Morgan fingerprint density at radius 1 is 1.24 bits per heavy atom. The molecule has 1 aromatic carbocycles. The Morgan fingerprint density at radius 3 is 2.48 bits per heavy atom. The van der Waals surface area contributed by atoms with Crippen molar-refractivity contribution < 1.29 is 19.1 Å². The Hall–Kier alpha value is -2.08. The number of piperidine rings is 1. The van der Waals surface area contributed by atoms with Crippen molar-refractivity contribution in [1.29, 1.82) is 0 Å². The van der Waals surface area contributed by atoms with E-state index in [-0.39, 0.29) is 30.2 Å². The zero-order valence-corrected chi connectivity index (χ0v) is 12.0. The predicted molar refractivity (Wildman–Crippen MR) is 74.8 cm³/mol. The highest BCUT2D eigenvalue weighted by atomic mass is 16.5. The average Bonchev–Trinajstić information content (AvgIpc) is 3.26. The molecule has 2 aliphatic rings. The van der Waals surface area contributed by atoms with Crippen LogP contribution in [0.25, 0.3) is 0 Å². The zero-order chi connectivity index (χ0) is 15.1. The van der Waals surface area contributed by atoms with Crippen LogP contribution in [-0.4, -0.2) is 37.5 Å². The number of rotatable bonds is 5. The Bertz CT molecular complexity index is 581. The van der Waals surface area contributed by atoms with Crippen molar-refractivity contribution in [3.8, 4) is 11.5 Å². The molecule has 2 N–H and O–H groups in total. The number of imide groups is 1. The molecular weight excluding hydrogens is 272 g/mol. The lowest BCUT2D eigenvalue weighted by Gasteiger charge is -2.22. The number of methoxy groups -OCH3 is 2. The van der Waals surface area contributed by atoms with Crippen LogP contribution in [-0.2, 0) is 9.59 Å². The monoisotopic (exact) mass is 290 g/mol. The van der Waals surface area contributed by atoms with Gasteiger partial charge in [0, 0.05) is 18.2 Å². The summed E-state index contributed by atoms with van der Waals surface area (Å²) in [6.45, 7) is 0.188. The van der Waals surface area contributed by atoms with Crippen molar-refractivity contribution in [3.63, 3.8) is 0 Å². The first kappa shape index (κ1) is 13.9. The van der Waals surface area contributed by atoms with E-state index in [2.05, 4.69) is 0 Å². The molecule has 3 unspecified atom stereocenters. The molecule has 0 radical (unpaired) electrons. The van der Waals surface area contributed by atoms with Crippen molar-refractivity contribution in [2.75, 3.05) is 20.8 Å².